The predicted octanol–water partition coefficient (Wildman–Crippen LogP) is 4.57. The number of hydrogen-bond acceptors (Lipinski definition) is 4. The largest absolute Gasteiger partial charge is 0.508 e. The fourth-order valence-electron chi connectivity index (χ4n) is 5.74. The van der Waals surface area contributed by atoms with E-state index < -0.39 is 0 Å². The van der Waals surface area contributed by atoms with Crippen molar-refractivity contribution in [2.24, 2.45) is 0 Å². The molecule has 0 unspecified atom stereocenters. The summed E-state index contributed by atoms with van der Waals surface area (Å²) in [4.78, 5) is 15.2. The number of aromatic hydroxyl groups is 1. The van der Waals surface area contributed by atoms with Crippen LogP contribution in [0.5, 0.6) is 5.75 Å². The highest BCUT2D eigenvalue weighted by Crippen LogP contribution is 2.53. The van der Waals surface area contributed by atoms with Gasteiger partial charge >= 0.3 is 0 Å². The number of nitrogens with zero attached hydrogens (tertiary/aromatic N) is 1. The van der Waals surface area contributed by atoms with E-state index in [4.69, 9.17) is 27.9 Å². The Morgan fingerprint density at radius 1 is 1.22 bits per heavy atom. The minimum absolute atomic E-state index is 0.0271. The molecule has 172 valence electrons. The third kappa shape index (κ3) is 4.36. The van der Waals surface area contributed by atoms with Gasteiger partial charge in [-0.05, 0) is 74.7 Å². The van der Waals surface area contributed by atoms with E-state index in [1.165, 1.54) is 0 Å². The van der Waals surface area contributed by atoms with Crippen molar-refractivity contribution in [1.82, 2.24) is 10.2 Å². The van der Waals surface area contributed by atoms with E-state index in [0.717, 1.165) is 49.9 Å². The molecular formula is C25H30Cl2N2O3. The normalized spacial score (nSPS) is 28.2. The zero-order valence-corrected chi connectivity index (χ0v) is 20.0. The quantitative estimate of drug-likeness (QED) is 0.663. The van der Waals surface area contributed by atoms with E-state index >= 15 is 0 Å². The lowest BCUT2D eigenvalue weighted by atomic mass is 9.55. The number of likely N-dealkylation sites (tertiary alicyclic amines) is 1. The highest BCUT2D eigenvalue weighted by molar-refractivity contribution is 6.42. The van der Waals surface area contributed by atoms with Crippen LogP contribution in [0.3, 0.4) is 0 Å². The van der Waals surface area contributed by atoms with Crippen molar-refractivity contribution in [3.8, 4) is 5.75 Å². The Bertz CT molecular complexity index is 1000. The fourth-order valence-corrected chi connectivity index (χ4v) is 6.06. The second-order valence-corrected chi connectivity index (χ2v) is 10.1. The fraction of sp³-hybridized carbons (Fsp3) is 0.480. The monoisotopic (exact) mass is 476 g/mol. The third-order valence-electron chi connectivity index (χ3n) is 7.31. The minimum atomic E-state index is -0.362. The average Bonchev–Trinajstić information content (AvgIpc) is 2.76. The number of carbonyl (C=O) groups is 1. The summed E-state index contributed by atoms with van der Waals surface area (Å²) in [5.41, 5.74) is 1.27. The molecule has 3 atom stereocenters. The minimum Gasteiger partial charge on any atom is -0.508 e. The van der Waals surface area contributed by atoms with E-state index in [1.54, 1.807) is 25.3 Å². The molecule has 0 aromatic heterocycles. The van der Waals surface area contributed by atoms with E-state index in [2.05, 4.69) is 23.3 Å². The van der Waals surface area contributed by atoms with Crippen LogP contribution >= 0.6 is 23.2 Å². The smallest absolute Gasteiger partial charge is 0.224 e. The van der Waals surface area contributed by atoms with Crippen molar-refractivity contribution in [2.75, 3.05) is 27.2 Å². The first-order chi connectivity index (χ1) is 15.3. The van der Waals surface area contributed by atoms with Gasteiger partial charge in [-0.1, -0.05) is 41.4 Å². The van der Waals surface area contributed by atoms with Crippen molar-refractivity contribution in [3.63, 3.8) is 0 Å². The Morgan fingerprint density at radius 2 is 2.03 bits per heavy atom. The zero-order valence-electron chi connectivity index (χ0n) is 18.5. The third-order valence-corrected chi connectivity index (χ3v) is 8.05. The van der Waals surface area contributed by atoms with Gasteiger partial charge in [0.15, 0.2) is 0 Å². The summed E-state index contributed by atoms with van der Waals surface area (Å²) in [6, 6.07) is 12.8. The predicted molar refractivity (Wildman–Crippen MR) is 128 cm³/mol. The van der Waals surface area contributed by atoms with Gasteiger partial charge in [0.2, 0.25) is 5.91 Å². The van der Waals surface area contributed by atoms with E-state index in [1.807, 2.05) is 18.2 Å². The molecule has 1 aliphatic carbocycles. The number of hydrogen-bond donors (Lipinski definition) is 2. The molecule has 32 heavy (non-hydrogen) atoms. The summed E-state index contributed by atoms with van der Waals surface area (Å²) >= 11 is 12.1. The molecule has 5 nitrogen and oxygen atoms in total. The van der Waals surface area contributed by atoms with Crippen molar-refractivity contribution in [1.29, 1.82) is 0 Å². The number of phenolic OH excluding ortho intramolecular Hbond substituents is 1. The molecule has 0 bridgehead atoms. The lowest BCUT2D eigenvalue weighted by Gasteiger charge is -2.59. The second kappa shape index (κ2) is 9.22. The number of benzene rings is 2. The molecule has 1 heterocycles. The molecule has 0 spiro atoms. The number of nitrogens with one attached hydrogen (secondary N) is 1. The Morgan fingerprint density at radius 3 is 2.75 bits per heavy atom. The number of rotatable bonds is 5. The Balaban J connectivity index is 1.58. The molecule has 1 saturated carbocycles. The number of piperidine rings is 1. The first kappa shape index (κ1) is 23.4. The van der Waals surface area contributed by atoms with Crippen LogP contribution in [0, 0.1) is 0 Å². The molecule has 2 N–H and O–H groups in total. The molecule has 1 aliphatic heterocycles. The van der Waals surface area contributed by atoms with E-state index in [9.17, 15) is 9.90 Å². The van der Waals surface area contributed by atoms with Crippen LogP contribution in [0.15, 0.2) is 42.5 Å². The lowest BCUT2D eigenvalue weighted by molar-refractivity contribution is -0.147. The number of fused-ring (bicyclic) bond motifs is 1. The molecule has 2 aromatic rings. The first-order valence-electron chi connectivity index (χ1n) is 11.0. The molecule has 7 heteroatoms. The summed E-state index contributed by atoms with van der Waals surface area (Å²) in [5.74, 6) is 0.226. The molecule has 1 saturated heterocycles. The molecule has 4 rings (SSSR count). The first-order valence-corrected chi connectivity index (χ1v) is 11.8. The summed E-state index contributed by atoms with van der Waals surface area (Å²) < 4.78 is 6.26. The van der Waals surface area contributed by atoms with Crippen LogP contribution in [0.25, 0.3) is 0 Å². The number of phenols is 1. The van der Waals surface area contributed by atoms with E-state index in [0.29, 0.717) is 10.0 Å². The molecular weight excluding hydrogens is 447 g/mol. The Hall–Kier alpha value is -1.79. The highest BCUT2D eigenvalue weighted by atomic mass is 35.5. The summed E-state index contributed by atoms with van der Waals surface area (Å²) in [6.45, 7) is 1.76. The highest BCUT2D eigenvalue weighted by Gasteiger charge is 2.58. The second-order valence-electron chi connectivity index (χ2n) is 9.25. The van der Waals surface area contributed by atoms with Gasteiger partial charge in [0.05, 0.1) is 22.1 Å². The SMILES string of the molecule is CO[C@]12CC[C@H](NC(=O)Cc3ccc(Cl)c(Cl)c3)C[C@]1(c1cccc(O)c1)CCN(C)C2. The molecule has 2 fully saturated rings. The van der Waals surface area contributed by atoms with E-state index in [-0.39, 0.29) is 35.1 Å². The number of likely N-dealkylation sites (N-methyl/N-ethyl adjacent to an activating group) is 1. The van der Waals surface area contributed by atoms with Crippen LogP contribution in [-0.4, -0.2) is 54.8 Å². The van der Waals surface area contributed by atoms with Gasteiger partial charge in [0, 0.05) is 25.1 Å². The molecule has 1 amide bonds. The van der Waals surface area contributed by atoms with Crippen LogP contribution in [0.2, 0.25) is 10.0 Å². The number of ether oxygens (including phenoxy) is 1. The van der Waals surface area contributed by atoms with Crippen molar-refractivity contribution in [3.05, 3.63) is 63.6 Å². The van der Waals surface area contributed by atoms with Crippen molar-refractivity contribution >= 4 is 29.1 Å². The van der Waals surface area contributed by atoms with Gasteiger partial charge < -0.3 is 20.1 Å². The van der Waals surface area contributed by atoms with Gasteiger partial charge in [-0.15, -0.1) is 0 Å². The van der Waals surface area contributed by atoms with Gasteiger partial charge in [-0.3, -0.25) is 4.79 Å². The Labute approximate surface area is 199 Å². The standard InChI is InChI=1S/C25H30Cl2N2O3/c1-29-11-10-24(18-4-3-5-20(30)14-18)15-19(8-9-25(24,16-29)32-2)28-23(31)13-17-6-7-21(26)22(27)12-17/h3-7,12,14,19,30H,8-11,13,15-16H2,1-2H3,(H,28,31)/t19-,24-,25-/m0/s1. The molecule has 0 radical (unpaired) electrons. The van der Waals surface area contributed by atoms with Gasteiger partial charge in [0.25, 0.3) is 0 Å². The van der Waals surface area contributed by atoms with Gasteiger partial charge in [0.1, 0.15) is 5.75 Å². The number of halogens is 2. The molecule has 2 aromatic carbocycles. The summed E-state index contributed by atoms with van der Waals surface area (Å²) in [7, 11) is 3.91. The number of carbonyl (C=O) groups excluding carboxylic acids is 1. The number of amides is 1. The average molecular weight is 477 g/mol. The van der Waals surface area contributed by atoms with Gasteiger partial charge in [-0.25, -0.2) is 0 Å². The molecule has 2 aliphatic rings. The Kier molecular flexibility index (Phi) is 6.73. The zero-order chi connectivity index (χ0) is 22.9. The maximum absolute atomic E-state index is 12.9. The maximum atomic E-state index is 12.9. The van der Waals surface area contributed by atoms with Crippen LogP contribution in [-0.2, 0) is 21.4 Å². The maximum Gasteiger partial charge on any atom is 0.224 e. The topological polar surface area (TPSA) is 61.8 Å². The van der Waals surface area contributed by atoms with Crippen LogP contribution in [0.1, 0.15) is 36.8 Å². The lowest BCUT2D eigenvalue weighted by Crippen LogP contribution is -2.67. The van der Waals surface area contributed by atoms with Crippen LogP contribution < -0.4 is 5.32 Å². The van der Waals surface area contributed by atoms with Crippen LogP contribution in [0.4, 0.5) is 0 Å². The number of methoxy groups -OCH3 is 1. The van der Waals surface area contributed by atoms with Crippen molar-refractivity contribution < 1.29 is 14.6 Å². The van der Waals surface area contributed by atoms with Crippen molar-refractivity contribution in [2.45, 2.75) is 49.2 Å². The van der Waals surface area contributed by atoms with Gasteiger partial charge in [-0.2, -0.15) is 0 Å². The summed E-state index contributed by atoms with van der Waals surface area (Å²) in [5, 5.41) is 14.4. The summed E-state index contributed by atoms with van der Waals surface area (Å²) in [6.07, 6.45) is 3.60.